The van der Waals surface area contributed by atoms with Crippen molar-refractivity contribution in [2.75, 3.05) is 32.1 Å². The fourth-order valence-electron chi connectivity index (χ4n) is 4.16. The van der Waals surface area contributed by atoms with Gasteiger partial charge >= 0.3 is 0 Å². The van der Waals surface area contributed by atoms with Crippen LogP contribution in [0.2, 0.25) is 0 Å². The molecule has 2 fully saturated rings. The second kappa shape index (κ2) is 5.49. The Kier molecular flexibility index (Phi) is 3.35. The van der Waals surface area contributed by atoms with E-state index in [0.29, 0.717) is 6.04 Å². The molecule has 1 atom stereocenters. The number of rotatable bonds is 2. The summed E-state index contributed by atoms with van der Waals surface area (Å²) in [6.07, 6.45) is 5.86. The molecule has 6 rings (SSSR count). The number of benzene rings is 1. The van der Waals surface area contributed by atoms with Crippen LogP contribution in [0.5, 0.6) is 0 Å². The highest BCUT2D eigenvalue weighted by Gasteiger charge is 2.47. The fourth-order valence-corrected chi connectivity index (χ4v) is 4.16. The maximum atomic E-state index is 4.97. The smallest absolute Gasteiger partial charge is 0.229 e. The largest absolute Gasteiger partial charge is 0.339 e. The predicted octanol–water partition coefficient (Wildman–Crippen LogP) is 2.66. The van der Waals surface area contributed by atoms with E-state index in [9.17, 15) is 0 Å². The van der Waals surface area contributed by atoms with Gasteiger partial charge in [0.2, 0.25) is 5.95 Å². The molecule has 1 saturated carbocycles. The van der Waals surface area contributed by atoms with E-state index >= 15 is 0 Å². The standard InChI is InChI=1S/C20H25N5/c1-24(2)16-8-12-25(13-16)19-22-17-15-5-3-14(4-6-15)7-9-20(10-11-20)18(21-17)23-19/h3-6,16H,7-13H2,1-2H3. The van der Waals surface area contributed by atoms with Crippen molar-refractivity contribution in [1.29, 1.82) is 0 Å². The van der Waals surface area contributed by atoms with E-state index in [0.717, 1.165) is 49.1 Å². The third-order valence-electron chi connectivity index (χ3n) is 6.23. The van der Waals surface area contributed by atoms with Crippen molar-refractivity contribution in [1.82, 2.24) is 19.9 Å². The molecule has 5 heteroatoms. The van der Waals surface area contributed by atoms with E-state index in [1.807, 2.05) is 0 Å². The molecule has 2 aromatic rings. The van der Waals surface area contributed by atoms with Gasteiger partial charge in [0.1, 0.15) is 5.82 Å². The number of fused-ring (bicyclic) bond motifs is 3. The lowest BCUT2D eigenvalue weighted by molar-refractivity contribution is 0.315. The Labute approximate surface area is 149 Å². The highest BCUT2D eigenvalue weighted by atomic mass is 15.3. The highest BCUT2D eigenvalue weighted by Crippen LogP contribution is 2.51. The molecule has 5 nitrogen and oxygen atoms in total. The quantitative estimate of drug-likeness (QED) is 0.844. The molecule has 4 aliphatic rings. The molecule has 4 heterocycles. The average Bonchev–Trinajstić information content (AvgIpc) is 3.25. The van der Waals surface area contributed by atoms with Crippen LogP contribution in [-0.4, -0.2) is 53.1 Å². The van der Waals surface area contributed by atoms with Gasteiger partial charge in [-0.3, -0.25) is 0 Å². The van der Waals surface area contributed by atoms with Crippen LogP contribution in [-0.2, 0) is 11.8 Å². The van der Waals surface area contributed by atoms with Gasteiger partial charge < -0.3 is 9.80 Å². The summed E-state index contributed by atoms with van der Waals surface area (Å²) in [5.74, 6) is 2.75. The molecule has 1 aliphatic carbocycles. The Morgan fingerprint density at radius 1 is 1.04 bits per heavy atom. The van der Waals surface area contributed by atoms with Gasteiger partial charge in [0.15, 0.2) is 5.82 Å². The zero-order chi connectivity index (χ0) is 17.0. The molecule has 3 aliphatic heterocycles. The summed E-state index contributed by atoms with van der Waals surface area (Å²) >= 11 is 0. The number of anilines is 1. The minimum atomic E-state index is 0.194. The minimum absolute atomic E-state index is 0.194. The zero-order valence-corrected chi connectivity index (χ0v) is 15.1. The molecule has 130 valence electrons. The van der Waals surface area contributed by atoms with Crippen LogP contribution < -0.4 is 4.90 Å². The molecular weight excluding hydrogens is 310 g/mol. The number of hydrogen-bond acceptors (Lipinski definition) is 5. The summed E-state index contributed by atoms with van der Waals surface area (Å²) in [4.78, 5) is 19.4. The number of aromatic nitrogens is 3. The fraction of sp³-hybridized carbons (Fsp3) is 0.550. The summed E-state index contributed by atoms with van der Waals surface area (Å²) in [6, 6.07) is 9.37. The number of aryl methyl sites for hydroxylation is 1. The van der Waals surface area contributed by atoms with Crippen molar-refractivity contribution in [2.24, 2.45) is 0 Å². The van der Waals surface area contributed by atoms with E-state index in [1.165, 1.54) is 24.8 Å². The second-order valence-electron chi connectivity index (χ2n) is 8.11. The lowest BCUT2D eigenvalue weighted by Crippen LogP contribution is -2.32. The van der Waals surface area contributed by atoms with Crippen molar-refractivity contribution in [3.8, 4) is 11.4 Å². The van der Waals surface area contributed by atoms with Gasteiger partial charge in [-0.2, -0.15) is 9.97 Å². The van der Waals surface area contributed by atoms with E-state index in [-0.39, 0.29) is 5.41 Å². The molecule has 1 aromatic heterocycles. The normalized spacial score (nSPS) is 23.5. The molecule has 1 spiro atoms. The van der Waals surface area contributed by atoms with Gasteiger partial charge in [-0.1, -0.05) is 24.3 Å². The Morgan fingerprint density at radius 3 is 2.52 bits per heavy atom. The molecule has 1 aromatic carbocycles. The zero-order valence-electron chi connectivity index (χ0n) is 15.1. The van der Waals surface area contributed by atoms with Gasteiger partial charge in [0, 0.05) is 30.1 Å². The lowest BCUT2D eigenvalue weighted by Gasteiger charge is -2.23. The first kappa shape index (κ1) is 15.3. The molecule has 1 saturated heterocycles. The Bertz CT molecular complexity index is 794. The van der Waals surface area contributed by atoms with Gasteiger partial charge in [0.25, 0.3) is 0 Å². The van der Waals surface area contributed by atoms with Crippen molar-refractivity contribution < 1.29 is 0 Å². The van der Waals surface area contributed by atoms with Crippen LogP contribution >= 0.6 is 0 Å². The van der Waals surface area contributed by atoms with Crippen LogP contribution in [0.25, 0.3) is 11.4 Å². The van der Waals surface area contributed by atoms with Gasteiger partial charge in [-0.25, -0.2) is 4.98 Å². The third-order valence-corrected chi connectivity index (χ3v) is 6.23. The van der Waals surface area contributed by atoms with Crippen LogP contribution in [0.3, 0.4) is 0 Å². The topological polar surface area (TPSA) is 45.2 Å². The SMILES string of the molecule is CN(C)C1CCN(c2nc3nc(n2)C2(CCc4ccc-3cc4)CC2)C1. The van der Waals surface area contributed by atoms with Crippen molar-refractivity contribution >= 4 is 5.95 Å². The highest BCUT2D eigenvalue weighted by molar-refractivity contribution is 5.58. The summed E-state index contributed by atoms with van der Waals surface area (Å²) in [5, 5.41) is 0. The number of likely N-dealkylation sites (N-methyl/N-ethyl adjacent to an activating group) is 1. The molecule has 25 heavy (non-hydrogen) atoms. The maximum Gasteiger partial charge on any atom is 0.229 e. The Balaban J connectivity index is 1.58. The first-order chi connectivity index (χ1) is 12.1. The number of nitrogens with zero attached hydrogens (tertiary/aromatic N) is 5. The van der Waals surface area contributed by atoms with E-state index < -0.39 is 0 Å². The summed E-state index contributed by atoms with van der Waals surface area (Å²) < 4.78 is 0. The van der Waals surface area contributed by atoms with Gasteiger partial charge in [0.05, 0.1) is 0 Å². The van der Waals surface area contributed by atoms with Crippen molar-refractivity contribution in [2.45, 2.75) is 43.6 Å². The Morgan fingerprint density at radius 2 is 1.84 bits per heavy atom. The van der Waals surface area contributed by atoms with Crippen molar-refractivity contribution in [3.63, 3.8) is 0 Å². The van der Waals surface area contributed by atoms with Gasteiger partial charge in [-0.15, -0.1) is 0 Å². The monoisotopic (exact) mass is 335 g/mol. The van der Waals surface area contributed by atoms with E-state index in [2.05, 4.69) is 48.2 Å². The second-order valence-corrected chi connectivity index (χ2v) is 8.11. The first-order valence-corrected chi connectivity index (χ1v) is 9.40. The van der Waals surface area contributed by atoms with Crippen molar-refractivity contribution in [3.05, 3.63) is 35.7 Å². The number of hydrogen-bond donors (Lipinski definition) is 0. The molecule has 0 amide bonds. The van der Waals surface area contributed by atoms with Crippen LogP contribution in [0.1, 0.15) is 37.1 Å². The van der Waals surface area contributed by atoms with Crippen LogP contribution in [0.15, 0.2) is 24.3 Å². The van der Waals surface area contributed by atoms with E-state index in [4.69, 9.17) is 15.0 Å². The molecule has 0 radical (unpaired) electrons. The van der Waals surface area contributed by atoms with Crippen LogP contribution in [0, 0.1) is 0 Å². The van der Waals surface area contributed by atoms with Crippen LogP contribution in [0.4, 0.5) is 5.95 Å². The summed E-state index contributed by atoms with van der Waals surface area (Å²) in [5.41, 5.74) is 2.71. The summed E-state index contributed by atoms with van der Waals surface area (Å²) in [7, 11) is 4.32. The third kappa shape index (κ3) is 2.61. The first-order valence-electron chi connectivity index (χ1n) is 9.40. The lowest BCUT2D eigenvalue weighted by atomic mass is 9.94. The molecule has 0 N–H and O–H groups in total. The molecule has 4 bridgehead atoms. The van der Waals surface area contributed by atoms with E-state index in [1.54, 1.807) is 0 Å². The molecule has 1 unspecified atom stereocenters. The van der Waals surface area contributed by atoms with Gasteiger partial charge in [-0.05, 0) is 51.8 Å². The maximum absolute atomic E-state index is 4.97. The minimum Gasteiger partial charge on any atom is -0.339 e. The summed E-state index contributed by atoms with van der Waals surface area (Å²) in [6.45, 7) is 2.03. The molecular formula is C20H25N5. The predicted molar refractivity (Wildman–Crippen MR) is 98.8 cm³/mol. The Hall–Kier alpha value is -2.01. The average molecular weight is 335 g/mol.